The van der Waals surface area contributed by atoms with E-state index in [4.69, 9.17) is 0 Å². The molecule has 2 aliphatic rings. The van der Waals surface area contributed by atoms with Gasteiger partial charge < -0.3 is 0 Å². The molecule has 1 heterocycles. The van der Waals surface area contributed by atoms with Crippen molar-refractivity contribution in [2.45, 2.75) is 45.2 Å². The molecule has 1 saturated heterocycles. The number of piperazine rings is 1. The van der Waals surface area contributed by atoms with E-state index in [0.717, 1.165) is 12.1 Å². The summed E-state index contributed by atoms with van der Waals surface area (Å²) >= 11 is 0. The van der Waals surface area contributed by atoms with Crippen molar-refractivity contribution >= 4 is 0 Å². The average molecular weight is 182 g/mol. The Kier molecular flexibility index (Phi) is 2.89. The zero-order valence-electron chi connectivity index (χ0n) is 9.00. The molecule has 2 rings (SSSR count). The molecule has 2 nitrogen and oxygen atoms in total. The predicted molar refractivity (Wildman–Crippen MR) is 55.9 cm³/mol. The molecular weight excluding hydrogens is 160 g/mol. The largest absolute Gasteiger partial charge is 0.298 e. The van der Waals surface area contributed by atoms with Gasteiger partial charge in [-0.3, -0.25) is 9.80 Å². The first-order valence-electron chi connectivity index (χ1n) is 5.79. The molecule has 1 saturated carbocycles. The van der Waals surface area contributed by atoms with Gasteiger partial charge in [0, 0.05) is 31.7 Å². The molecule has 1 atom stereocenters. The molecule has 0 aromatic carbocycles. The fraction of sp³-hybridized carbons (Fsp3) is 1.00. The van der Waals surface area contributed by atoms with Gasteiger partial charge in [-0.15, -0.1) is 0 Å². The van der Waals surface area contributed by atoms with Crippen molar-refractivity contribution < 1.29 is 0 Å². The molecule has 0 aromatic heterocycles. The molecular formula is C11H22N2. The average Bonchev–Trinajstić information content (AvgIpc) is 2.01. The number of rotatable bonds is 2. The van der Waals surface area contributed by atoms with Crippen LogP contribution in [0.2, 0.25) is 0 Å². The molecule has 0 amide bonds. The van der Waals surface area contributed by atoms with Gasteiger partial charge in [-0.2, -0.15) is 0 Å². The van der Waals surface area contributed by atoms with E-state index in [1.807, 2.05) is 0 Å². The Morgan fingerprint density at radius 2 is 2.00 bits per heavy atom. The normalized spacial score (nSPS) is 33.2. The van der Waals surface area contributed by atoms with Gasteiger partial charge in [0.15, 0.2) is 0 Å². The van der Waals surface area contributed by atoms with Crippen LogP contribution in [0.1, 0.15) is 33.1 Å². The van der Waals surface area contributed by atoms with E-state index in [1.54, 1.807) is 0 Å². The molecule has 0 radical (unpaired) electrons. The van der Waals surface area contributed by atoms with Crippen molar-refractivity contribution in [3.8, 4) is 0 Å². The van der Waals surface area contributed by atoms with Gasteiger partial charge in [-0.25, -0.2) is 0 Å². The van der Waals surface area contributed by atoms with Crippen LogP contribution in [0.5, 0.6) is 0 Å². The van der Waals surface area contributed by atoms with E-state index < -0.39 is 0 Å². The highest BCUT2D eigenvalue weighted by Gasteiger charge is 2.30. The Bertz CT molecular complexity index is 165. The summed E-state index contributed by atoms with van der Waals surface area (Å²) in [6.45, 7) is 9.76. The van der Waals surface area contributed by atoms with Crippen molar-refractivity contribution in [1.29, 1.82) is 0 Å². The summed E-state index contributed by atoms with van der Waals surface area (Å²) in [5.41, 5.74) is 0. The highest BCUT2D eigenvalue weighted by Crippen LogP contribution is 2.26. The smallest absolute Gasteiger partial charge is 0.0195 e. The lowest BCUT2D eigenvalue weighted by Gasteiger charge is -2.45. The molecule has 1 aliphatic heterocycles. The van der Waals surface area contributed by atoms with Gasteiger partial charge in [0.1, 0.15) is 0 Å². The van der Waals surface area contributed by atoms with Crippen LogP contribution in [-0.4, -0.2) is 48.1 Å². The number of hydrogen-bond acceptors (Lipinski definition) is 2. The highest BCUT2D eigenvalue weighted by molar-refractivity contribution is 4.86. The first-order chi connectivity index (χ1) is 6.31. The monoisotopic (exact) mass is 182 g/mol. The Morgan fingerprint density at radius 1 is 1.23 bits per heavy atom. The minimum absolute atomic E-state index is 0.777. The third kappa shape index (κ3) is 1.89. The van der Waals surface area contributed by atoms with E-state index in [2.05, 4.69) is 23.6 Å². The summed E-state index contributed by atoms with van der Waals surface area (Å²) < 4.78 is 0. The molecule has 1 unspecified atom stereocenters. The minimum atomic E-state index is 0.777. The lowest BCUT2D eigenvalue weighted by Crippen LogP contribution is -2.55. The van der Waals surface area contributed by atoms with Crippen molar-refractivity contribution in [2.24, 2.45) is 0 Å². The predicted octanol–water partition coefficient (Wildman–Crippen LogP) is 1.56. The van der Waals surface area contributed by atoms with E-state index in [-0.39, 0.29) is 0 Å². The van der Waals surface area contributed by atoms with Crippen LogP contribution in [0.15, 0.2) is 0 Å². The van der Waals surface area contributed by atoms with Crippen LogP contribution >= 0.6 is 0 Å². The summed E-state index contributed by atoms with van der Waals surface area (Å²) in [6.07, 6.45) is 4.38. The van der Waals surface area contributed by atoms with Crippen molar-refractivity contribution in [3.63, 3.8) is 0 Å². The van der Waals surface area contributed by atoms with Gasteiger partial charge in [0.2, 0.25) is 0 Å². The molecule has 2 heteroatoms. The minimum Gasteiger partial charge on any atom is -0.298 e. The lowest BCUT2D eigenvalue weighted by atomic mass is 9.90. The Balaban J connectivity index is 1.83. The Morgan fingerprint density at radius 3 is 2.46 bits per heavy atom. The van der Waals surface area contributed by atoms with Crippen molar-refractivity contribution in [2.75, 3.05) is 26.2 Å². The summed E-state index contributed by atoms with van der Waals surface area (Å²) in [5, 5.41) is 0. The lowest BCUT2D eigenvalue weighted by molar-refractivity contribution is 0.0325. The maximum Gasteiger partial charge on any atom is 0.0195 e. The van der Waals surface area contributed by atoms with Crippen molar-refractivity contribution in [1.82, 2.24) is 9.80 Å². The van der Waals surface area contributed by atoms with Crippen LogP contribution in [0.4, 0.5) is 0 Å². The molecule has 1 aliphatic carbocycles. The van der Waals surface area contributed by atoms with E-state index in [9.17, 15) is 0 Å². The molecule has 0 spiro atoms. The molecule has 0 bridgehead atoms. The number of nitrogens with zero attached hydrogens (tertiary/aromatic N) is 2. The van der Waals surface area contributed by atoms with Crippen LogP contribution in [0.3, 0.4) is 0 Å². The van der Waals surface area contributed by atoms with E-state index in [0.29, 0.717) is 0 Å². The zero-order chi connectivity index (χ0) is 9.26. The van der Waals surface area contributed by atoms with Crippen LogP contribution in [0, 0.1) is 0 Å². The summed E-state index contributed by atoms with van der Waals surface area (Å²) in [7, 11) is 0. The van der Waals surface area contributed by atoms with Gasteiger partial charge >= 0.3 is 0 Å². The van der Waals surface area contributed by atoms with Crippen LogP contribution in [-0.2, 0) is 0 Å². The topological polar surface area (TPSA) is 6.48 Å². The first-order valence-corrected chi connectivity index (χ1v) is 5.79. The highest BCUT2D eigenvalue weighted by atomic mass is 15.3. The second-order valence-electron chi connectivity index (χ2n) is 4.56. The second-order valence-corrected chi connectivity index (χ2v) is 4.56. The summed E-state index contributed by atoms with van der Waals surface area (Å²) in [6, 6.07) is 1.72. The summed E-state index contributed by atoms with van der Waals surface area (Å²) in [5.74, 6) is 0. The summed E-state index contributed by atoms with van der Waals surface area (Å²) in [4.78, 5) is 5.30. The SMILES string of the molecule is CCN1CCN(C2CCC2)CC1C. The molecule has 0 N–H and O–H groups in total. The molecule has 0 aromatic rings. The maximum atomic E-state index is 2.71. The molecule has 76 valence electrons. The van der Waals surface area contributed by atoms with Crippen molar-refractivity contribution in [3.05, 3.63) is 0 Å². The van der Waals surface area contributed by atoms with Crippen LogP contribution in [0.25, 0.3) is 0 Å². The third-order valence-electron chi connectivity index (χ3n) is 3.79. The van der Waals surface area contributed by atoms with E-state index >= 15 is 0 Å². The second kappa shape index (κ2) is 3.97. The first kappa shape index (κ1) is 9.47. The molecule has 2 fully saturated rings. The van der Waals surface area contributed by atoms with Crippen LogP contribution < -0.4 is 0 Å². The standard InChI is InChI=1S/C11H22N2/c1-3-12-7-8-13(9-10(12)2)11-5-4-6-11/h10-11H,3-9H2,1-2H3. The number of hydrogen-bond donors (Lipinski definition) is 0. The van der Waals surface area contributed by atoms with E-state index in [1.165, 1.54) is 45.4 Å². The quantitative estimate of drug-likeness (QED) is 0.639. The van der Waals surface area contributed by atoms with Gasteiger partial charge in [-0.1, -0.05) is 13.3 Å². The Labute approximate surface area is 81.9 Å². The van der Waals surface area contributed by atoms with Gasteiger partial charge in [0.25, 0.3) is 0 Å². The fourth-order valence-corrected chi connectivity index (χ4v) is 2.58. The fourth-order valence-electron chi connectivity index (χ4n) is 2.58. The Hall–Kier alpha value is -0.0800. The van der Waals surface area contributed by atoms with Gasteiger partial charge in [0.05, 0.1) is 0 Å². The molecule has 13 heavy (non-hydrogen) atoms. The van der Waals surface area contributed by atoms with Gasteiger partial charge in [-0.05, 0) is 26.3 Å². The number of likely N-dealkylation sites (N-methyl/N-ethyl adjacent to an activating group) is 1. The maximum absolute atomic E-state index is 2.71. The third-order valence-corrected chi connectivity index (χ3v) is 3.79. The zero-order valence-corrected chi connectivity index (χ0v) is 9.00.